The van der Waals surface area contributed by atoms with Crippen molar-refractivity contribution in [1.29, 1.82) is 0 Å². The Morgan fingerprint density at radius 2 is 0.512 bits per heavy atom. The van der Waals surface area contributed by atoms with Gasteiger partial charge in [-0.2, -0.15) is 0 Å². The van der Waals surface area contributed by atoms with Crippen LogP contribution in [0.25, 0.3) is 33.0 Å². The molecule has 12 aromatic carbocycles. The van der Waals surface area contributed by atoms with Gasteiger partial charge in [-0.05, 0) is 189 Å². The van der Waals surface area contributed by atoms with Gasteiger partial charge in [0.25, 0.3) is 0 Å². The molecule has 0 spiro atoms. The molecular formula is C76H60N4. The maximum atomic E-state index is 2.51. The molecule has 14 rings (SSSR count). The van der Waals surface area contributed by atoms with E-state index in [1.165, 1.54) is 55.3 Å². The van der Waals surface area contributed by atoms with Crippen molar-refractivity contribution in [2.24, 2.45) is 0 Å². The van der Waals surface area contributed by atoms with Crippen LogP contribution in [0.4, 0.5) is 68.2 Å². The summed E-state index contributed by atoms with van der Waals surface area (Å²) in [6.45, 7) is 9.82. The van der Waals surface area contributed by atoms with Crippen molar-refractivity contribution >= 4 is 79.0 Å². The first-order chi connectivity index (χ1) is 39.2. The minimum Gasteiger partial charge on any atom is -0.311 e. The van der Waals surface area contributed by atoms with Crippen LogP contribution in [0.3, 0.4) is 0 Å². The first kappa shape index (κ1) is 48.5. The van der Waals surface area contributed by atoms with E-state index in [0.29, 0.717) is 0 Å². The van der Waals surface area contributed by atoms with Gasteiger partial charge in [0.05, 0.1) is 5.69 Å². The first-order valence-corrected chi connectivity index (χ1v) is 27.8. The summed E-state index contributed by atoms with van der Waals surface area (Å²) in [5.74, 6) is 0. The van der Waals surface area contributed by atoms with Gasteiger partial charge < -0.3 is 19.6 Å². The zero-order valence-corrected chi connectivity index (χ0v) is 45.5. The molecule has 4 heteroatoms. The second-order valence-corrected chi connectivity index (χ2v) is 22.1. The molecule has 2 aliphatic carbocycles. The lowest BCUT2D eigenvalue weighted by molar-refractivity contribution is 0.601. The lowest BCUT2D eigenvalue weighted by Crippen LogP contribution is -2.24. The van der Waals surface area contributed by atoms with Crippen molar-refractivity contribution in [2.45, 2.75) is 38.5 Å². The van der Waals surface area contributed by atoms with Crippen LogP contribution in [0.5, 0.6) is 0 Å². The highest BCUT2D eigenvalue weighted by molar-refractivity contribution is 6.11. The normalized spacial score (nSPS) is 13.2. The van der Waals surface area contributed by atoms with Crippen LogP contribution in [0.1, 0.15) is 49.9 Å². The van der Waals surface area contributed by atoms with Crippen molar-refractivity contribution in [3.63, 3.8) is 0 Å². The van der Waals surface area contributed by atoms with Crippen LogP contribution in [-0.2, 0) is 10.8 Å². The van der Waals surface area contributed by atoms with Gasteiger partial charge in [0, 0.05) is 78.8 Å². The molecule has 0 saturated carbocycles. The molecule has 0 unspecified atom stereocenters. The van der Waals surface area contributed by atoms with Gasteiger partial charge in [-0.15, -0.1) is 0 Å². The van der Waals surface area contributed by atoms with E-state index in [4.69, 9.17) is 0 Å². The second-order valence-electron chi connectivity index (χ2n) is 22.1. The van der Waals surface area contributed by atoms with Gasteiger partial charge in [-0.25, -0.2) is 0 Å². The minimum atomic E-state index is -0.333. The molecule has 12 aromatic rings. The Labute approximate surface area is 470 Å². The highest BCUT2D eigenvalue weighted by Crippen LogP contribution is 2.62. The average molecular weight is 1030 g/mol. The predicted octanol–water partition coefficient (Wildman–Crippen LogP) is 21.3. The van der Waals surface area contributed by atoms with Crippen molar-refractivity contribution in [3.8, 4) is 22.3 Å². The Morgan fingerprint density at radius 1 is 0.225 bits per heavy atom. The molecule has 384 valence electrons. The molecule has 2 aliphatic rings. The average Bonchev–Trinajstić information content (AvgIpc) is 4.14. The fourth-order valence-electron chi connectivity index (χ4n) is 13.1. The summed E-state index contributed by atoms with van der Waals surface area (Å²) >= 11 is 0. The lowest BCUT2D eigenvalue weighted by Gasteiger charge is -2.32. The van der Waals surface area contributed by atoms with E-state index in [1.807, 2.05) is 0 Å². The predicted molar refractivity (Wildman–Crippen MR) is 338 cm³/mol. The largest absolute Gasteiger partial charge is 0.311 e. The van der Waals surface area contributed by atoms with E-state index in [9.17, 15) is 0 Å². The van der Waals surface area contributed by atoms with Gasteiger partial charge in [0.15, 0.2) is 0 Å². The van der Waals surface area contributed by atoms with Gasteiger partial charge in [0.1, 0.15) is 0 Å². The van der Waals surface area contributed by atoms with Gasteiger partial charge in [-0.3, -0.25) is 0 Å². The number of benzene rings is 12. The summed E-state index contributed by atoms with van der Waals surface area (Å²) in [6.07, 6.45) is 0. The van der Waals surface area contributed by atoms with E-state index in [1.54, 1.807) is 0 Å². The zero-order valence-electron chi connectivity index (χ0n) is 45.5. The molecule has 0 fully saturated rings. The fraction of sp³-hybridized carbons (Fsp3) is 0.0789. The third-order valence-corrected chi connectivity index (χ3v) is 16.7. The summed E-state index contributed by atoms with van der Waals surface area (Å²) < 4.78 is 0. The van der Waals surface area contributed by atoms with E-state index >= 15 is 0 Å². The number of anilines is 12. The molecule has 0 aliphatic heterocycles. The number of nitrogens with zero attached hydrogens (tertiary/aromatic N) is 4. The van der Waals surface area contributed by atoms with Crippen LogP contribution in [0.2, 0.25) is 0 Å². The van der Waals surface area contributed by atoms with E-state index < -0.39 is 0 Å². The molecule has 0 aromatic heterocycles. The Hall–Kier alpha value is -9.90. The summed E-state index contributed by atoms with van der Waals surface area (Å²) in [5, 5.41) is 2.48. The summed E-state index contributed by atoms with van der Waals surface area (Å²) in [7, 11) is 0. The van der Waals surface area contributed by atoms with Crippen molar-refractivity contribution in [3.05, 3.63) is 313 Å². The Kier molecular flexibility index (Phi) is 11.8. The third-order valence-electron chi connectivity index (χ3n) is 16.7. The smallest absolute Gasteiger partial charge is 0.0543 e. The quantitative estimate of drug-likeness (QED) is 0.121. The van der Waals surface area contributed by atoms with Gasteiger partial charge in [-0.1, -0.05) is 179 Å². The highest BCUT2D eigenvalue weighted by atomic mass is 15.2. The molecule has 0 amide bonds. The van der Waals surface area contributed by atoms with Crippen molar-refractivity contribution in [2.75, 3.05) is 19.6 Å². The number of hydrogen-bond acceptors (Lipinski definition) is 4. The summed E-state index contributed by atoms with van der Waals surface area (Å²) in [5.41, 5.74) is 23.5. The van der Waals surface area contributed by atoms with Crippen LogP contribution in [0, 0.1) is 0 Å². The molecule has 80 heavy (non-hydrogen) atoms. The van der Waals surface area contributed by atoms with E-state index in [-0.39, 0.29) is 10.8 Å². The fourth-order valence-corrected chi connectivity index (χ4v) is 13.1. The zero-order chi connectivity index (χ0) is 54.0. The lowest BCUT2D eigenvalue weighted by atomic mass is 9.72. The molecule has 0 radical (unpaired) electrons. The van der Waals surface area contributed by atoms with Crippen LogP contribution < -0.4 is 19.6 Å². The molecule has 0 heterocycles. The summed E-state index contributed by atoms with van der Waals surface area (Å²) in [4.78, 5) is 9.51. The van der Waals surface area contributed by atoms with Crippen molar-refractivity contribution < 1.29 is 0 Å². The summed E-state index contributed by atoms with van der Waals surface area (Å²) in [6, 6.07) is 106. The molecule has 0 bridgehead atoms. The Balaban J connectivity index is 0.860. The highest BCUT2D eigenvalue weighted by Gasteiger charge is 2.47. The third kappa shape index (κ3) is 8.06. The maximum Gasteiger partial charge on any atom is 0.0543 e. The van der Waals surface area contributed by atoms with Crippen LogP contribution >= 0.6 is 0 Å². The number of rotatable bonds is 12. The van der Waals surface area contributed by atoms with Gasteiger partial charge in [0.2, 0.25) is 0 Å². The second kappa shape index (κ2) is 19.5. The van der Waals surface area contributed by atoms with Gasteiger partial charge >= 0.3 is 0 Å². The molecule has 0 N–H and O–H groups in total. The Bertz CT molecular complexity index is 4120. The number of hydrogen-bond donors (Lipinski definition) is 0. The van der Waals surface area contributed by atoms with E-state index in [2.05, 4.69) is 338 Å². The number of para-hydroxylation sites is 6. The molecule has 0 saturated heterocycles. The topological polar surface area (TPSA) is 13.0 Å². The van der Waals surface area contributed by atoms with Crippen LogP contribution in [-0.4, -0.2) is 0 Å². The minimum absolute atomic E-state index is 0.312. The number of fused-ring (bicyclic) bond motifs is 9. The maximum absolute atomic E-state index is 2.51. The standard InChI is InChI=1S/C76H60N4/c1-75(2)69-51-63(79(57-33-19-9-20-34-57)61-41-39-59(40-42-61)77(53-25-11-5-12-26-53)54-27-13-6-14-28-54)47-48-64(69)67-49-50-68-72-66-38-24-23-37-65(66)71(52-70(72)76(3,4)74(68)73(67)75)80(58-35-21-10-22-36-58)62-45-43-60(44-46-62)78(55-29-15-7-16-30-55)56-31-17-8-18-32-56/h5-52H,1-4H3. The molecular weight excluding hydrogens is 969 g/mol. The first-order valence-electron chi connectivity index (χ1n) is 27.8. The van der Waals surface area contributed by atoms with E-state index in [0.717, 1.165) is 68.2 Å². The SMILES string of the molecule is CC1(C)c2cc(N(c3ccccc3)c3ccc(N(c4ccccc4)c4ccccc4)cc3)ccc2-c2ccc3c(c21)C(C)(C)c1cc(N(c2ccccc2)c2ccc(N(c4ccccc4)c4ccccc4)cc2)c2ccccc2c1-3. The monoisotopic (exact) mass is 1030 g/mol. The van der Waals surface area contributed by atoms with Crippen molar-refractivity contribution in [1.82, 2.24) is 0 Å². The Morgan fingerprint density at radius 3 is 0.938 bits per heavy atom. The van der Waals surface area contributed by atoms with Crippen LogP contribution in [0.15, 0.2) is 291 Å². The molecule has 0 atom stereocenters. The molecule has 4 nitrogen and oxygen atoms in total.